The lowest BCUT2D eigenvalue weighted by molar-refractivity contribution is 0.0881. The molecule has 2 aromatic heterocycles. The summed E-state index contributed by atoms with van der Waals surface area (Å²) in [7, 11) is 0. The molecule has 2 heterocycles. The summed E-state index contributed by atoms with van der Waals surface area (Å²) in [5, 5.41) is 4.60. The molecule has 0 aliphatic heterocycles. The normalized spacial score (nSPS) is 14.4. The first-order valence-corrected chi connectivity index (χ1v) is 7.24. The highest BCUT2D eigenvalue weighted by Crippen LogP contribution is 2.15. The first kappa shape index (κ1) is 14.7. The number of carbonyl (C=O) groups excluding carboxylic acids is 1. The summed E-state index contributed by atoms with van der Waals surface area (Å²) in [5.74, 6) is -0.290. The van der Waals surface area contributed by atoms with Crippen LogP contribution in [0.25, 0.3) is 4.96 Å². The molecule has 0 aliphatic rings. The minimum absolute atomic E-state index is 0.0289. The minimum Gasteiger partial charge on any atom is -0.345 e. The first-order chi connectivity index (χ1) is 9.39. The maximum absolute atomic E-state index is 12.3. The van der Waals surface area contributed by atoms with Crippen molar-refractivity contribution in [3.05, 3.63) is 33.7 Å². The second-order valence-electron chi connectivity index (χ2n) is 5.26. The summed E-state index contributed by atoms with van der Waals surface area (Å²) < 4.78 is 1.37. The van der Waals surface area contributed by atoms with E-state index in [0.29, 0.717) is 11.5 Å². The number of fused-ring (bicyclic) bond motifs is 1. The van der Waals surface area contributed by atoms with Crippen LogP contribution in [-0.2, 0) is 0 Å². The van der Waals surface area contributed by atoms with E-state index in [1.54, 1.807) is 11.6 Å². The fourth-order valence-electron chi connectivity index (χ4n) is 1.74. The van der Waals surface area contributed by atoms with Crippen LogP contribution in [-0.4, -0.2) is 27.4 Å². The van der Waals surface area contributed by atoms with Gasteiger partial charge >= 0.3 is 0 Å². The van der Waals surface area contributed by atoms with E-state index in [2.05, 4.69) is 10.3 Å². The number of nitrogens with two attached hydrogens (primary N) is 1. The van der Waals surface area contributed by atoms with Crippen LogP contribution in [0.1, 0.15) is 31.1 Å². The van der Waals surface area contributed by atoms with Crippen molar-refractivity contribution in [1.29, 1.82) is 0 Å². The molecular weight excluding hydrogens is 276 g/mol. The molecule has 1 unspecified atom stereocenters. The number of aromatic nitrogens is 2. The molecule has 0 spiro atoms. The highest BCUT2D eigenvalue weighted by Gasteiger charge is 2.30. The molecule has 0 aliphatic carbocycles. The van der Waals surface area contributed by atoms with Crippen LogP contribution in [0.2, 0.25) is 0 Å². The lowest BCUT2D eigenvalue weighted by Gasteiger charge is -2.33. The maximum atomic E-state index is 12.3. The van der Waals surface area contributed by atoms with Gasteiger partial charge in [0.2, 0.25) is 0 Å². The Morgan fingerprint density at radius 3 is 2.90 bits per heavy atom. The predicted molar refractivity (Wildman–Crippen MR) is 79.1 cm³/mol. The Labute approximate surface area is 120 Å². The summed E-state index contributed by atoms with van der Waals surface area (Å²) in [6, 6.07) is 0. The van der Waals surface area contributed by atoms with Gasteiger partial charge in [-0.05, 0) is 12.8 Å². The molecule has 7 heteroatoms. The SMILES string of the molecule is CC(C)C(C)(CN)NC(=O)c1cnc2sccn2c1=O. The topological polar surface area (TPSA) is 89.5 Å². The molecule has 2 aromatic rings. The van der Waals surface area contributed by atoms with Crippen molar-refractivity contribution in [1.82, 2.24) is 14.7 Å². The highest BCUT2D eigenvalue weighted by molar-refractivity contribution is 7.15. The lowest BCUT2D eigenvalue weighted by atomic mass is 9.88. The fraction of sp³-hybridized carbons (Fsp3) is 0.462. The molecule has 6 nitrogen and oxygen atoms in total. The molecule has 0 fully saturated rings. The van der Waals surface area contributed by atoms with Crippen LogP contribution in [0.3, 0.4) is 0 Å². The van der Waals surface area contributed by atoms with E-state index in [1.165, 1.54) is 21.9 Å². The number of hydrogen-bond acceptors (Lipinski definition) is 5. The quantitative estimate of drug-likeness (QED) is 0.875. The van der Waals surface area contributed by atoms with Gasteiger partial charge in [-0.2, -0.15) is 0 Å². The molecule has 0 saturated heterocycles. The summed E-state index contributed by atoms with van der Waals surface area (Å²) in [5.41, 5.74) is 4.84. The predicted octanol–water partition coefficient (Wildman–Crippen LogP) is 0.859. The van der Waals surface area contributed by atoms with E-state index in [-0.39, 0.29) is 17.0 Å². The number of nitrogens with one attached hydrogen (secondary N) is 1. The Balaban J connectivity index is 2.37. The van der Waals surface area contributed by atoms with E-state index in [1.807, 2.05) is 20.8 Å². The van der Waals surface area contributed by atoms with Crippen molar-refractivity contribution in [2.75, 3.05) is 6.54 Å². The van der Waals surface area contributed by atoms with Gasteiger partial charge < -0.3 is 11.1 Å². The van der Waals surface area contributed by atoms with Gasteiger partial charge in [0, 0.05) is 24.3 Å². The Morgan fingerprint density at radius 2 is 2.30 bits per heavy atom. The number of carbonyl (C=O) groups is 1. The number of nitrogens with zero attached hydrogens (tertiary/aromatic N) is 2. The van der Waals surface area contributed by atoms with Gasteiger partial charge in [0.15, 0.2) is 4.96 Å². The molecule has 0 saturated carbocycles. The summed E-state index contributed by atoms with van der Waals surface area (Å²) >= 11 is 1.34. The van der Waals surface area contributed by atoms with Gasteiger partial charge in [0.05, 0.1) is 5.54 Å². The lowest BCUT2D eigenvalue weighted by Crippen LogP contribution is -2.55. The molecule has 1 atom stereocenters. The van der Waals surface area contributed by atoms with E-state index < -0.39 is 11.4 Å². The van der Waals surface area contributed by atoms with Crippen LogP contribution in [0.15, 0.2) is 22.6 Å². The Kier molecular flexibility index (Phi) is 3.92. The number of amides is 1. The third-order valence-electron chi connectivity index (χ3n) is 3.68. The minimum atomic E-state index is -0.558. The second kappa shape index (κ2) is 5.34. The monoisotopic (exact) mass is 294 g/mol. The van der Waals surface area contributed by atoms with E-state index in [0.717, 1.165) is 0 Å². The van der Waals surface area contributed by atoms with E-state index >= 15 is 0 Å². The fourth-order valence-corrected chi connectivity index (χ4v) is 2.41. The zero-order valence-electron chi connectivity index (χ0n) is 11.7. The van der Waals surface area contributed by atoms with Crippen molar-refractivity contribution in [2.24, 2.45) is 11.7 Å². The van der Waals surface area contributed by atoms with Crippen molar-refractivity contribution in [3.8, 4) is 0 Å². The highest BCUT2D eigenvalue weighted by atomic mass is 32.1. The number of thiazole rings is 1. The largest absolute Gasteiger partial charge is 0.345 e. The van der Waals surface area contributed by atoms with E-state index in [9.17, 15) is 9.59 Å². The van der Waals surface area contributed by atoms with Crippen molar-refractivity contribution >= 4 is 22.2 Å². The Morgan fingerprint density at radius 1 is 1.60 bits per heavy atom. The zero-order valence-corrected chi connectivity index (χ0v) is 12.5. The van der Waals surface area contributed by atoms with Crippen LogP contribution >= 0.6 is 11.3 Å². The van der Waals surface area contributed by atoms with Gasteiger partial charge in [-0.25, -0.2) is 4.98 Å². The second-order valence-corrected chi connectivity index (χ2v) is 6.14. The van der Waals surface area contributed by atoms with Gasteiger partial charge in [0.1, 0.15) is 5.56 Å². The Hall–Kier alpha value is -1.73. The van der Waals surface area contributed by atoms with Crippen LogP contribution in [0.5, 0.6) is 0 Å². The number of hydrogen-bond donors (Lipinski definition) is 2. The molecule has 0 aromatic carbocycles. The van der Waals surface area contributed by atoms with Crippen molar-refractivity contribution in [3.63, 3.8) is 0 Å². The van der Waals surface area contributed by atoms with Crippen LogP contribution in [0, 0.1) is 5.92 Å². The van der Waals surface area contributed by atoms with Crippen LogP contribution < -0.4 is 16.6 Å². The molecule has 20 heavy (non-hydrogen) atoms. The molecule has 0 bridgehead atoms. The third-order valence-corrected chi connectivity index (χ3v) is 4.46. The zero-order chi connectivity index (χ0) is 14.9. The maximum Gasteiger partial charge on any atom is 0.271 e. The van der Waals surface area contributed by atoms with Gasteiger partial charge in [-0.1, -0.05) is 13.8 Å². The third kappa shape index (κ3) is 2.46. The van der Waals surface area contributed by atoms with Crippen molar-refractivity contribution < 1.29 is 4.79 Å². The molecule has 1 amide bonds. The molecule has 3 N–H and O–H groups in total. The molecule has 2 rings (SSSR count). The summed E-state index contributed by atoms with van der Waals surface area (Å²) in [4.78, 5) is 29.2. The van der Waals surface area contributed by atoms with Crippen LogP contribution in [0.4, 0.5) is 0 Å². The first-order valence-electron chi connectivity index (χ1n) is 6.36. The average Bonchev–Trinajstić information content (AvgIpc) is 2.87. The van der Waals surface area contributed by atoms with Gasteiger partial charge in [0.25, 0.3) is 11.5 Å². The number of rotatable bonds is 4. The van der Waals surface area contributed by atoms with Gasteiger partial charge in [-0.15, -0.1) is 11.3 Å². The standard InChI is InChI=1S/C13H18N4O2S/c1-8(2)13(3,7-14)16-10(18)9-6-15-12-17(11(9)19)4-5-20-12/h4-6,8H,7,14H2,1-3H3,(H,16,18). The van der Waals surface area contributed by atoms with E-state index in [4.69, 9.17) is 5.73 Å². The van der Waals surface area contributed by atoms with Crippen molar-refractivity contribution in [2.45, 2.75) is 26.3 Å². The molecular formula is C13H18N4O2S. The van der Waals surface area contributed by atoms with Gasteiger partial charge in [-0.3, -0.25) is 14.0 Å². The Bertz CT molecular complexity index is 691. The summed E-state index contributed by atoms with van der Waals surface area (Å²) in [6.07, 6.45) is 2.93. The molecule has 0 radical (unpaired) electrons. The smallest absolute Gasteiger partial charge is 0.271 e. The summed E-state index contributed by atoms with van der Waals surface area (Å²) in [6.45, 7) is 6.11. The average molecular weight is 294 g/mol. The molecule has 108 valence electrons.